The number of amides is 1. The Hall–Kier alpha value is -2.36. The smallest absolute Gasteiger partial charge is 0.265 e. The number of aromatic amines is 1. The Kier molecular flexibility index (Phi) is 1.71. The van der Waals surface area contributed by atoms with E-state index < -0.39 is 5.91 Å². The van der Waals surface area contributed by atoms with Gasteiger partial charge in [0.25, 0.3) is 5.91 Å². The fraction of sp³-hybridized carbons (Fsp3) is 0. The molecular formula is C12H9N3O. The van der Waals surface area contributed by atoms with Crippen LogP contribution in [0.5, 0.6) is 0 Å². The number of H-pyrrole nitrogens is 1. The number of primary amides is 1. The number of nitrogens with two attached hydrogens (primary N) is 1. The number of benzene rings is 1. The molecule has 1 amide bonds. The van der Waals surface area contributed by atoms with E-state index in [1.807, 2.05) is 24.3 Å². The van der Waals surface area contributed by atoms with Crippen LogP contribution in [0.25, 0.3) is 21.8 Å². The maximum atomic E-state index is 11.1. The van der Waals surface area contributed by atoms with Crippen molar-refractivity contribution in [2.45, 2.75) is 0 Å². The van der Waals surface area contributed by atoms with Crippen LogP contribution in [0.3, 0.4) is 0 Å². The van der Waals surface area contributed by atoms with Crippen molar-refractivity contribution in [2.24, 2.45) is 5.73 Å². The quantitative estimate of drug-likeness (QED) is 0.644. The molecule has 2 aromatic heterocycles. The summed E-state index contributed by atoms with van der Waals surface area (Å²) in [6.45, 7) is 0. The molecule has 3 rings (SSSR count). The van der Waals surface area contributed by atoms with Crippen molar-refractivity contribution in [1.82, 2.24) is 9.97 Å². The van der Waals surface area contributed by atoms with Crippen LogP contribution in [-0.2, 0) is 0 Å². The molecule has 0 aliphatic carbocycles. The largest absolute Gasteiger partial charge is 0.364 e. The first kappa shape index (κ1) is 8.91. The van der Waals surface area contributed by atoms with Crippen molar-refractivity contribution < 1.29 is 4.79 Å². The summed E-state index contributed by atoms with van der Waals surface area (Å²) in [6.07, 6.45) is 1.74. The van der Waals surface area contributed by atoms with Gasteiger partial charge in [-0.2, -0.15) is 0 Å². The summed E-state index contributed by atoms with van der Waals surface area (Å²) in [7, 11) is 0. The Morgan fingerprint density at radius 2 is 2.12 bits per heavy atom. The SMILES string of the molecule is NC(=O)c1cc2cnc3ccccc3c2[nH]1. The molecular weight excluding hydrogens is 202 g/mol. The topological polar surface area (TPSA) is 71.8 Å². The highest BCUT2D eigenvalue weighted by Gasteiger charge is 2.08. The van der Waals surface area contributed by atoms with Crippen molar-refractivity contribution in [3.63, 3.8) is 0 Å². The van der Waals surface area contributed by atoms with E-state index in [1.165, 1.54) is 0 Å². The van der Waals surface area contributed by atoms with Gasteiger partial charge >= 0.3 is 0 Å². The molecule has 0 unspecified atom stereocenters. The van der Waals surface area contributed by atoms with Gasteiger partial charge in [-0.25, -0.2) is 0 Å². The molecule has 0 atom stereocenters. The van der Waals surface area contributed by atoms with Crippen LogP contribution < -0.4 is 5.73 Å². The number of hydrogen-bond acceptors (Lipinski definition) is 2. The van der Waals surface area contributed by atoms with E-state index in [2.05, 4.69) is 9.97 Å². The first-order chi connectivity index (χ1) is 7.75. The van der Waals surface area contributed by atoms with E-state index >= 15 is 0 Å². The molecule has 2 heterocycles. The minimum Gasteiger partial charge on any atom is -0.364 e. The highest BCUT2D eigenvalue weighted by Crippen LogP contribution is 2.23. The highest BCUT2D eigenvalue weighted by atomic mass is 16.1. The average Bonchev–Trinajstić information content (AvgIpc) is 2.73. The zero-order chi connectivity index (χ0) is 11.1. The molecule has 4 nitrogen and oxygen atoms in total. The molecule has 0 fully saturated rings. The lowest BCUT2D eigenvalue weighted by molar-refractivity contribution is 0.0996. The van der Waals surface area contributed by atoms with Crippen LogP contribution in [0.4, 0.5) is 0 Å². The third kappa shape index (κ3) is 1.16. The summed E-state index contributed by atoms with van der Waals surface area (Å²) in [5, 5.41) is 1.89. The molecule has 3 N–H and O–H groups in total. The lowest BCUT2D eigenvalue weighted by Gasteiger charge is -1.97. The number of rotatable bonds is 1. The lowest BCUT2D eigenvalue weighted by atomic mass is 10.2. The van der Waals surface area contributed by atoms with Crippen LogP contribution in [0.1, 0.15) is 10.5 Å². The molecule has 0 aliphatic rings. The molecule has 0 saturated heterocycles. The summed E-state index contributed by atoms with van der Waals surface area (Å²) in [5.74, 6) is -0.458. The fourth-order valence-corrected chi connectivity index (χ4v) is 1.86. The zero-order valence-corrected chi connectivity index (χ0v) is 8.40. The van der Waals surface area contributed by atoms with Gasteiger partial charge in [0.1, 0.15) is 5.69 Å². The number of pyridine rings is 1. The highest BCUT2D eigenvalue weighted by molar-refractivity contribution is 6.06. The monoisotopic (exact) mass is 211 g/mol. The maximum Gasteiger partial charge on any atom is 0.265 e. The van der Waals surface area contributed by atoms with Crippen LogP contribution in [0.15, 0.2) is 36.5 Å². The Bertz CT molecular complexity index is 700. The Labute approximate surface area is 91.1 Å². The Morgan fingerprint density at radius 1 is 1.31 bits per heavy atom. The number of para-hydroxylation sites is 1. The normalized spacial score (nSPS) is 11.0. The molecule has 4 heteroatoms. The molecule has 0 radical (unpaired) electrons. The number of carbonyl (C=O) groups is 1. The van der Waals surface area contributed by atoms with Crippen molar-refractivity contribution in [3.8, 4) is 0 Å². The first-order valence-electron chi connectivity index (χ1n) is 4.92. The number of aromatic nitrogens is 2. The molecule has 0 saturated carbocycles. The van der Waals surface area contributed by atoms with Gasteiger partial charge in [-0.15, -0.1) is 0 Å². The van der Waals surface area contributed by atoms with Gasteiger partial charge in [-0.3, -0.25) is 9.78 Å². The summed E-state index contributed by atoms with van der Waals surface area (Å²) in [6, 6.07) is 9.48. The standard InChI is InChI=1S/C12H9N3O/c13-12(16)10-5-7-6-14-9-4-2-1-3-8(9)11(7)15-10/h1-6,15H,(H2,13,16). The number of hydrogen-bond donors (Lipinski definition) is 2. The number of nitrogens with zero attached hydrogens (tertiary/aromatic N) is 1. The third-order valence-electron chi connectivity index (χ3n) is 2.63. The van der Waals surface area contributed by atoms with Gasteiger partial charge < -0.3 is 10.7 Å². The summed E-state index contributed by atoms with van der Waals surface area (Å²) in [5.41, 5.74) is 7.44. The first-order valence-corrected chi connectivity index (χ1v) is 4.92. The molecule has 78 valence electrons. The third-order valence-corrected chi connectivity index (χ3v) is 2.63. The van der Waals surface area contributed by atoms with Gasteiger partial charge in [-0.1, -0.05) is 18.2 Å². The van der Waals surface area contributed by atoms with Crippen LogP contribution in [-0.4, -0.2) is 15.9 Å². The molecule has 16 heavy (non-hydrogen) atoms. The summed E-state index contributed by atoms with van der Waals surface area (Å²) >= 11 is 0. The minimum absolute atomic E-state index is 0.410. The Morgan fingerprint density at radius 3 is 2.94 bits per heavy atom. The Balaban J connectivity index is 2.46. The molecule has 1 aromatic carbocycles. The van der Waals surface area contributed by atoms with Gasteiger partial charge in [0, 0.05) is 17.0 Å². The number of fused-ring (bicyclic) bond motifs is 3. The zero-order valence-electron chi connectivity index (χ0n) is 8.40. The van der Waals surface area contributed by atoms with Crippen LogP contribution >= 0.6 is 0 Å². The number of carbonyl (C=O) groups excluding carboxylic acids is 1. The van der Waals surface area contributed by atoms with E-state index in [1.54, 1.807) is 12.3 Å². The minimum atomic E-state index is -0.458. The maximum absolute atomic E-state index is 11.1. The van der Waals surface area contributed by atoms with E-state index in [-0.39, 0.29) is 0 Å². The fourth-order valence-electron chi connectivity index (χ4n) is 1.86. The van der Waals surface area contributed by atoms with Crippen molar-refractivity contribution >= 4 is 27.7 Å². The number of nitrogens with one attached hydrogen (secondary N) is 1. The second-order valence-electron chi connectivity index (χ2n) is 3.65. The van der Waals surface area contributed by atoms with E-state index in [0.717, 1.165) is 21.8 Å². The van der Waals surface area contributed by atoms with Crippen LogP contribution in [0.2, 0.25) is 0 Å². The molecule has 0 bridgehead atoms. The van der Waals surface area contributed by atoms with Gasteiger partial charge in [0.2, 0.25) is 0 Å². The molecule has 0 aliphatic heterocycles. The van der Waals surface area contributed by atoms with Crippen LogP contribution in [0, 0.1) is 0 Å². The lowest BCUT2D eigenvalue weighted by Crippen LogP contribution is -2.10. The van der Waals surface area contributed by atoms with Crippen molar-refractivity contribution in [3.05, 3.63) is 42.2 Å². The summed E-state index contributed by atoms with van der Waals surface area (Å²) in [4.78, 5) is 18.4. The predicted octanol–water partition coefficient (Wildman–Crippen LogP) is 1.81. The van der Waals surface area contributed by atoms with Gasteiger partial charge in [-0.05, 0) is 12.1 Å². The molecule has 0 spiro atoms. The molecule has 3 aromatic rings. The van der Waals surface area contributed by atoms with Crippen molar-refractivity contribution in [1.29, 1.82) is 0 Å². The van der Waals surface area contributed by atoms with E-state index in [0.29, 0.717) is 5.69 Å². The van der Waals surface area contributed by atoms with Gasteiger partial charge in [0.15, 0.2) is 0 Å². The van der Waals surface area contributed by atoms with Gasteiger partial charge in [0.05, 0.1) is 11.0 Å². The van der Waals surface area contributed by atoms with E-state index in [9.17, 15) is 4.79 Å². The van der Waals surface area contributed by atoms with Crippen molar-refractivity contribution in [2.75, 3.05) is 0 Å². The average molecular weight is 211 g/mol. The second-order valence-corrected chi connectivity index (χ2v) is 3.65. The second kappa shape index (κ2) is 3.06. The summed E-state index contributed by atoms with van der Waals surface area (Å²) < 4.78 is 0. The predicted molar refractivity (Wildman–Crippen MR) is 62.1 cm³/mol. The van der Waals surface area contributed by atoms with E-state index in [4.69, 9.17) is 5.73 Å².